The summed E-state index contributed by atoms with van der Waals surface area (Å²) in [7, 11) is 0. The molecule has 0 spiro atoms. The van der Waals surface area contributed by atoms with Crippen molar-refractivity contribution >= 4 is 16.7 Å². The Balaban J connectivity index is 1.90. The Labute approximate surface area is 175 Å². The summed E-state index contributed by atoms with van der Waals surface area (Å²) in [4.78, 5) is 13.2. The molecule has 1 N–H and O–H groups in total. The van der Waals surface area contributed by atoms with Crippen molar-refractivity contribution in [3.05, 3.63) is 99.2 Å². The standard InChI is InChI=1S/C26H22N2O2/c1-16-13-21(18(3)28-23-12-8-7-11-20(23)15-27)26-22(14-16)24(29)17(2)25(30-26)19-9-5-4-6-10-19/h4-14,18,28H,1-3H3. The number of para-hydroxylation sites is 1. The van der Waals surface area contributed by atoms with Gasteiger partial charge in [0.05, 0.1) is 22.7 Å². The highest BCUT2D eigenvalue weighted by Crippen LogP contribution is 2.32. The molecule has 4 nitrogen and oxygen atoms in total. The maximum atomic E-state index is 13.2. The first-order valence-electron chi connectivity index (χ1n) is 9.88. The molecule has 1 atom stereocenters. The first-order chi connectivity index (χ1) is 14.5. The predicted octanol–water partition coefficient (Wildman–Crippen LogP) is 6.12. The Morgan fingerprint density at radius 2 is 1.70 bits per heavy atom. The third-order valence-electron chi connectivity index (χ3n) is 5.31. The smallest absolute Gasteiger partial charge is 0.196 e. The van der Waals surface area contributed by atoms with E-state index in [-0.39, 0.29) is 11.5 Å². The Bertz CT molecular complexity index is 1330. The Morgan fingerprint density at radius 1 is 1.00 bits per heavy atom. The number of rotatable bonds is 4. The second-order valence-electron chi connectivity index (χ2n) is 7.51. The molecule has 0 fully saturated rings. The van der Waals surface area contributed by atoms with E-state index in [4.69, 9.17) is 4.42 Å². The quantitative estimate of drug-likeness (QED) is 0.453. The number of hydrogen-bond acceptors (Lipinski definition) is 4. The summed E-state index contributed by atoms with van der Waals surface area (Å²) < 4.78 is 6.36. The SMILES string of the molecule is Cc1cc(C(C)Nc2ccccc2C#N)c2oc(-c3ccccc3)c(C)c(=O)c2c1. The zero-order valence-corrected chi connectivity index (χ0v) is 17.2. The van der Waals surface area contributed by atoms with E-state index in [1.807, 2.05) is 74.5 Å². The molecule has 4 rings (SSSR count). The molecule has 0 aliphatic heterocycles. The zero-order chi connectivity index (χ0) is 21.3. The molecule has 0 aliphatic carbocycles. The number of anilines is 1. The Kier molecular flexibility index (Phi) is 5.12. The van der Waals surface area contributed by atoms with E-state index in [0.717, 1.165) is 22.4 Å². The number of nitriles is 1. The average Bonchev–Trinajstić information content (AvgIpc) is 2.77. The van der Waals surface area contributed by atoms with E-state index in [0.29, 0.717) is 27.9 Å². The predicted molar refractivity (Wildman–Crippen MR) is 121 cm³/mol. The minimum absolute atomic E-state index is 0.0234. The van der Waals surface area contributed by atoms with Crippen LogP contribution >= 0.6 is 0 Å². The van der Waals surface area contributed by atoms with Crippen molar-refractivity contribution in [3.8, 4) is 17.4 Å². The highest BCUT2D eigenvalue weighted by atomic mass is 16.3. The maximum Gasteiger partial charge on any atom is 0.196 e. The molecule has 0 bridgehead atoms. The lowest BCUT2D eigenvalue weighted by Gasteiger charge is -2.19. The summed E-state index contributed by atoms with van der Waals surface area (Å²) in [6, 6.07) is 23.0. The van der Waals surface area contributed by atoms with Gasteiger partial charge >= 0.3 is 0 Å². The number of fused-ring (bicyclic) bond motifs is 1. The van der Waals surface area contributed by atoms with Gasteiger partial charge in [0.1, 0.15) is 17.4 Å². The fourth-order valence-electron chi connectivity index (χ4n) is 3.77. The summed E-state index contributed by atoms with van der Waals surface area (Å²) in [5.41, 5.74) is 5.21. The first kappa shape index (κ1) is 19.5. The van der Waals surface area contributed by atoms with Gasteiger partial charge in [-0.05, 0) is 44.5 Å². The van der Waals surface area contributed by atoms with Crippen LogP contribution < -0.4 is 10.7 Å². The van der Waals surface area contributed by atoms with Crippen molar-refractivity contribution in [2.24, 2.45) is 0 Å². The number of nitrogens with zero attached hydrogens (tertiary/aromatic N) is 1. The highest BCUT2D eigenvalue weighted by molar-refractivity contribution is 5.84. The van der Waals surface area contributed by atoms with E-state index >= 15 is 0 Å². The molecule has 4 aromatic rings. The van der Waals surface area contributed by atoms with Crippen molar-refractivity contribution < 1.29 is 4.42 Å². The minimum atomic E-state index is -0.170. The van der Waals surface area contributed by atoms with Gasteiger partial charge in [0.2, 0.25) is 0 Å². The molecule has 30 heavy (non-hydrogen) atoms. The molecule has 3 aromatic carbocycles. The van der Waals surface area contributed by atoms with Crippen LogP contribution in [0.4, 0.5) is 5.69 Å². The molecule has 0 amide bonds. The fourth-order valence-corrected chi connectivity index (χ4v) is 3.77. The van der Waals surface area contributed by atoms with Gasteiger partial charge in [-0.2, -0.15) is 5.26 Å². The molecule has 1 aromatic heterocycles. The van der Waals surface area contributed by atoms with E-state index in [1.54, 1.807) is 13.0 Å². The van der Waals surface area contributed by atoms with Gasteiger partial charge in [0.25, 0.3) is 0 Å². The lowest BCUT2D eigenvalue weighted by atomic mass is 9.98. The minimum Gasteiger partial charge on any atom is -0.455 e. The van der Waals surface area contributed by atoms with Crippen LogP contribution in [0.3, 0.4) is 0 Å². The van der Waals surface area contributed by atoms with Crippen LogP contribution in [0.15, 0.2) is 75.9 Å². The lowest BCUT2D eigenvalue weighted by molar-refractivity contribution is 0.605. The summed E-state index contributed by atoms with van der Waals surface area (Å²) in [5.74, 6) is 0.586. The van der Waals surface area contributed by atoms with Crippen molar-refractivity contribution in [3.63, 3.8) is 0 Å². The number of aryl methyl sites for hydroxylation is 1. The Hall–Kier alpha value is -3.84. The van der Waals surface area contributed by atoms with Gasteiger partial charge in [-0.25, -0.2) is 0 Å². The topological polar surface area (TPSA) is 66.0 Å². The number of nitrogens with one attached hydrogen (secondary N) is 1. The summed E-state index contributed by atoms with van der Waals surface area (Å²) in [6.45, 7) is 5.78. The van der Waals surface area contributed by atoms with Crippen molar-refractivity contribution in [1.82, 2.24) is 0 Å². The molecule has 0 aliphatic rings. The van der Waals surface area contributed by atoms with Crippen LogP contribution in [-0.4, -0.2) is 0 Å². The fraction of sp³-hybridized carbons (Fsp3) is 0.154. The molecule has 0 saturated heterocycles. The lowest BCUT2D eigenvalue weighted by Crippen LogP contribution is -2.13. The maximum absolute atomic E-state index is 13.2. The van der Waals surface area contributed by atoms with Crippen LogP contribution in [0, 0.1) is 25.2 Å². The van der Waals surface area contributed by atoms with Gasteiger partial charge in [-0.15, -0.1) is 0 Å². The van der Waals surface area contributed by atoms with Crippen molar-refractivity contribution in [2.45, 2.75) is 26.8 Å². The molecular formula is C26H22N2O2. The van der Waals surface area contributed by atoms with E-state index in [2.05, 4.69) is 11.4 Å². The van der Waals surface area contributed by atoms with E-state index in [1.165, 1.54) is 0 Å². The van der Waals surface area contributed by atoms with Crippen molar-refractivity contribution in [2.75, 3.05) is 5.32 Å². The van der Waals surface area contributed by atoms with E-state index < -0.39 is 0 Å². The van der Waals surface area contributed by atoms with Gasteiger partial charge < -0.3 is 9.73 Å². The molecule has 0 saturated carbocycles. The van der Waals surface area contributed by atoms with Crippen LogP contribution in [0.1, 0.15) is 35.2 Å². The van der Waals surface area contributed by atoms with Crippen LogP contribution in [-0.2, 0) is 0 Å². The molecule has 1 unspecified atom stereocenters. The Morgan fingerprint density at radius 3 is 2.43 bits per heavy atom. The molecule has 4 heteroatoms. The van der Waals surface area contributed by atoms with Crippen LogP contribution in [0.5, 0.6) is 0 Å². The van der Waals surface area contributed by atoms with Gasteiger partial charge in [0, 0.05) is 16.7 Å². The third kappa shape index (κ3) is 3.46. The number of benzene rings is 3. The van der Waals surface area contributed by atoms with Gasteiger partial charge in [0.15, 0.2) is 5.43 Å². The van der Waals surface area contributed by atoms with E-state index in [9.17, 15) is 10.1 Å². The highest BCUT2D eigenvalue weighted by Gasteiger charge is 2.19. The molecule has 148 valence electrons. The average molecular weight is 394 g/mol. The molecular weight excluding hydrogens is 372 g/mol. The summed E-state index contributed by atoms with van der Waals surface area (Å²) >= 11 is 0. The van der Waals surface area contributed by atoms with Crippen molar-refractivity contribution in [1.29, 1.82) is 5.26 Å². The van der Waals surface area contributed by atoms with Gasteiger partial charge in [-0.3, -0.25) is 4.79 Å². The molecule has 0 radical (unpaired) electrons. The summed E-state index contributed by atoms with van der Waals surface area (Å²) in [6.07, 6.45) is 0. The normalized spacial score (nSPS) is 11.8. The zero-order valence-electron chi connectivity index (χ0n) is 17.2. The monoisotopic (exact) mass is 394 g/mol. The summed E-state index contributed by atoms with van der Waals surface area (Å²) in [5, 5.41) is 13.4. The largest absolute Gasteiger partial charge is 0.455 e. The third-order valence-corrected chi connectivity index (χ3v) is 5.31. The van der Waals surface area contributed by atoms with Gasteiger partial charge in [-0.1, -0.05) is 48.5 Å². The van der Waals surface area contributed by atoms with Crippen LogP contribution in [0.2, 0.25) is 0 Å². The second kappa shape index (κ2) is 7.88. The first-order valence-corrected chi connectivity index (χ1v) is 9.88. The number of hydrogen-bond donors (Lipinski definition) is 1. The second-order valence-corrected chi connectivity index (χ2v) is 7.51. The van der Waals surface area contributed by atoms with Crippen LogP contribution in [0.25, 0.3) is 22.3 Å². The molecule has 1 heterocycles.